The van der Waals surface area contributed by atoms with E-state index in [1.165, 1.54) is 29.2 Å². The third-order valence-electron chi connectivity index (χ3n) is 4.14. The molecule has 0 aromatic heterocycles. The molecule has 5 nitrogen and oxygen atoms in total. The van der Waals surface area contributed by atoms with Gasteiger partial charge in [-0.2, -0.15) is 8.42 Å². The van der Waals surface area contributed by atoms with Gasteiger partial charge >= 0.3 is 10.1 Å². The lowest BCUT2D eigenvalue weighted by Crippen LogP contribution is -2.42. The van der Waals surface area contributed by atoms with Crippen molar-refractivity contribution in [3.05, 3.63) is 59.1 Å². The fourth-order valence-electron chi connectivity index (χ4n) is 2.99. The maximum atomic E-state index is 12.6. The molecule has 1 heterocycles. The number of amides is 1. The van der Waals surface area contributed by atoms with Crippen molar-refractivity contribution < 1.29 is 17.4 Å². The first kappa shape index (κ1) is 16.8. The molecule has 24 heavy (non-hydrogen) atoms. The van der Waals surface area contributed by atoms with Crippen molar-refractivity contribution in [2.45, 2.75) is 12.3 Å². The van der Waals surface area contributed by atoms with Crippen molar-refractivity contribution in [3.63, 3.8) is 0 Å². The van der Waals surface area contributed by atoms with Crippen LogP contribution in [0.4, 0.5) is 5.69 Å². The van der Waals surface area contributed by atoms with Crippen molar-refractivity contribution in [2.75, 3.05) is 17.7 Å². The van der Waals surface area contributed by atoms with E-state index in [9.17, 15) is 13.2 Å². The number of fused-ring (bicyclic) bond motifs is 1. The fraction of sp³-hybridized carbons (Fsp3) is 0.235. The minimum atomic E-state index is -3.98. The standard InChI is InChI=1S/C17H16ClNO4S/c1-17(14-5-3-4-6-15(14)19(2)16(17)20)11-24(21,22)23-13-9-7-12(18)8-10-13/h3-10H,11H2,1-2H3. The molecule has 0 saturated carbocycles. The number of carbonyl (C=O) groups is 1. The van der Waals surface area contributed by atoms with E-state index in [1.807, 2.05) is 6.07 Å². The molecule has 0 saturated heterocycles. The monoisotopic (exact) mass is 365 g/mol. The van der Waals surface area contributed by atoms with Crippen LogP contribution in [0.2, 0.25) is 5.02 Å². The highest BCUT2D eigenvalue weighted by Gasteiger charge is 2.49. The van der Waals surface area contributed by atoms with Gasteiger partial charge in [0, 0.05) is 17.8 Å². The minimum absolute atomic E-state index is 0.162. The summed E-state index contributed by atoms with van der Waals surface area (Å²) < 4.78 is 30.1. The van der Waals surface area contributed by atoms with Crippen LogP contribution in [-0.4, -0.2) is 27.1 Å². The van der Waals surface area contributed by atoms with Crippen LogP contribution in [-0.2, 0) is 20.3 Å². The van der Waals surface area contributed by atoms with Gasteiger partial charge in [-0.3, -0.25) is 4.79 Å². The van der Waals surface area contributed by atoms with Crippen molar-refractivity contribution in [1.82, 2.24) is 0 Å². The first-order valence-corrected chi connectivity index (χ1v) is 9.24. The van der Waals surface area contributed by atoms with E-state index in [0.717, 1.165) is 0 Å². The Balaban J connectivity index is 1.91. The van der Waals surface area contributed by atoms with Crippen LogP contribution >= 0.6 is 11.6 Å². The summed E-state index contributed by atoms with van der Waals surface area (Å²) in [5.74, 6) is -0.551. The van der Waals surface area contributed by atoms with Crippen LogP contribution in [0.3, 0.4) is 0 Å². The molecule has 2 aromatic rings. The minimum Gasteiger partial charge on any atom is -0.382 e. The van der Waals surface area contributed by atoms with Gasteiger partial charge in [0.05, 0.1) is 5.41 Å². The molecule has 0 N–H and O–H groups in total. The van der Waals surface area contributed by atoms with E-state index in [4.69, 9.17) is 15.8 Å². The number of anilines is 1. The summed E-state index contributed by atoms with van der Waals surface area (Å²) in [5.41, 5.74) is 0.212. The second-order valence-electron chi connectivity index (χ2n) is 5.95. The Morgan fingerprint density at radius 1 is 1.12 bits per heavy atom. The quantitative estimate of drug-likeness (QED) is 0.781. The van der Waals surface area contributed by atoms with Crippen molar-refractivity contribution in [3.8, 4) is 5.75 Å². The first-order valence-electron chi connectivity index (χ1n) is 7.28. The summed E-state index contributed by atoms with van der Waals surface area (Å²) in [6.07, 6.45) is 0. The molecule has 1 aliphatic heterocycles. The SMILES string of the molecule is CN1C(=O)C(C)(CS(=O)(=O)Oc2ccc(Cl)cc2)c2ccccc21. The predicted octanol–water partition coefficient (Wildman–Crippen LogP) is 2.98. The molecule has 0 fully saturated rings. The maximum absolute atomic E-state index is 12.6. The zero-order valence-corrected chi connectivity index (χ0v) is 14.8. The largest absolute Gasteiger partial charge is 0.382 e. The second kappa shape index (κ2) is 5.79. The van der Waals surface area contributed by atoms with Crippen LogP contribution in [0.1, 0.15) is 12.5 Å². The summed E-state index contributed by atoms with van der Waals surface area (Å²) in [7, 11) is -2.34. The molecule has 0 radical (unpaired) electrons. The van der Waals surface area contributed by atoms with Gasteiger partial charge in [0.15, 0.2) is 0 Å². The van der Waals surface area contributed by atoms with Crippen molar-refractivity contribution >= 4 is 33.3 Å². The topological polar surface area (TPSA) is 63.7 Å². The zero-order valence-electron chi connectivity index (χ0n) is 13.2. The number of nitrogens with zero attached hydrogens (tertiary/aromatic N) is 1. The molecule has 3 rings (SSSR count). The molecular weight excluding hydrogens is 350 g/mol. The smallest absolute Gasteiger partial charge is 0.310 e. The van der Waals surface area contributed by atoms with E-state index in [2.05, 4.69) is 0 Å². The van der Waals surface area contributed by atoms with E-state index in [-0.39, 0.29) is 11.7 Å². The number of hydrogen-bond donors (Lipinski definition) is 0. The third kappa shape index (κ3) is 2.87. The van der Waals surface area contributed by atoms with Crippen LogP contribution < -0.4 is 9.08 Å². The zero-order chi connectivity index (χ0) is 17.5. The summed E-state index contributed by atoms with van der Waals surface area (Å²) in [6.45, 7) is 1.63. The van der Waals surface area contributed by atoms with Gasteiger partial charge in [0.25, 0.3) is 0 Å². The molecule has 126 valence electrons. The van der Waals surface area contributed by atoms with Crippen LogP contribution in [0.25, 0.3) is 0 Å². The summed E-state index contributed by atoms with van der Waals surface area (Å²) in [5, 5.41) is 0.480. The third-order valence-corrected chi connectivity index (χ3v) is 5.77. The highest BCUT2D eigenvalue weighted by molar-refractivity contribution is 7.87. The summed E-state index contributed by atoms with van der Waals surface area (Å²) >= 11 is 5.78. The molecule has 1 unspecified atom stereocenters. The lowest BCUT2D eigenvalue weighted by atomic mass is 9.86. The Morgan fingerprint density at radius 2 is 1.75 bits per heavy atom. The van der Waals surface area contributed by atoms with Crippen LogP contribution in [0.15, 0.2) is 48.5 Å². The maximum Gasteiger partial charge on any atom is 0.310 e. The highest BCUT2D eigenvalue weighted by atomic mass is 35.5. The molecule has 1 aliphatic rings. The molecule has 0 bridgehead atoms. The molecule has 7 heteroatoms. The van der Waals surface area contributed by atoms with Crippen LogP contribution in [0.5, 0.6) is 5.75 Å². The van der Waals surface area contributed by atoms with E-state index in [0.29, 0.717) is 16.3 Å². The Kier molecular flexibility index (Phi) is 4.05. The lowest BCUT2D eigenvalue weighted by molar-refractivity contribution is -0.121. The second-order valence-corrected chi connectivity index (χ2v) is 7.96. The number of carbonyl (C=O) groups excluding carboxylic acids is 1. The Hall–Kier alpha value is -2.05. The highest BCUT2D eigenvalue weighted by Crippen LogP contribution is 2.41. The number of hydrogen-bond acceptors (Lipinski definition) is 4. The van der Waals surface area contributed by atoms with Gasteiger partial charge in [-0.25, -0.2) is 0 Å². The normalized spacial score (nSPS) is 20.1. The first-order chi connectivity index (χ1) is 11.2. The summed E-state index contributed by atoms with van der Waals surface area (Å²) in [4.78, 5) is 14.1. The van der Waals surface area contributed by atoms with E-state index >= 15 is 0 Å². The number of para-hydroxylation sites is 1. The number of halogens is 1. The van der Waals surface area contributed by atoms with Crippen LogP contribution in [0, 0.1) is 0 Å². The lowest BCUT2D eigenvalue weighted by Gasteiger charge is -2.22. The Bertz CT molecular complexity index is 895. The Labute approximate surface area is 145 Å². The molecule has 0 spiro atoms. The van der Waals surface area contributed by atoms with Gasteiger partial charge in [-0.1, -0.05) is 29.8 Å². The molecule has 0 aliphatic carbocycles. The number of rotatable bonds is 4. The van der Waals surface area contributed by atoms with E-state index < -0.39 is 21.3 Å². The van der Waals surface area contributed by atoms with Crippen molar-refractivity contribution in [1.29, 1.82) is 0 Å². The van der Waals surface area contributed by atoms with Crippen molar-refractivity contribution in [2.24, 2.45) is 0 Å². The summed E-state index contributed by atoms with van der Waals surface area (Å²) in [6, 6.07) is 13.2. The van der Waals surface area contributed by atoms with Gasteiger partial charge in [0.1, 0.15) is 11.5 Å². The van der Waals surface area contributed by atoms with Gasteiger partial charge in [-0.05, 0) is 42.8 Å². The number of benzene rings is 2. The van der Waals surface area contributed by atoms with Gasteiger partial charge in [0.2, 0.25) is 5.91 Å². The molecular formula is C17H16ClNO4S. The van der Waals surface area contributed by atoms with Gasteiger partial charge < -0.3 is 9.08 Å². The van der Waals surface area contributed by atoms with E-state index in [1.54, 1.807) is 32.2 Å². The Morgan fingerprint density at radius 3 is 2.42 bits per heavy atom. The average Bonchev–Trinajstić information content (AvgIpc) is 2.71. The molecule has 1 atom stereocenters. The van der Waals surface area contributed by atoms with Gasteiger partial charge in [-0.15, -0.1) is 0 Å². The molecule has 1 amide bonds. The predicted molar refractivity (Wildman–Crippen MR) is 93.1 cm³/mol. The fourth-order valence-corrected chi connectivity index (χ4v) is 4.56. The molecule has 2 aromatic carbocycles. The average molecular weight is 366 g/mol. The number of likely N-dealkylation sites (N-methyl/N-ethyl adjacent to an activating group) is 1.